The molecule has 0 unspecified atom stereocenters. The summed E-state index contributed by atoms with van der Waals surface area (Å²) in [5.74, 6) is 2.10. The molecule has 43 heavy (non-hydrogen) atoms. The molecule has 0 N–H and O–H groups in total. The Morgan fingerprint density at radius 2 is 1.63 bits per heavy atom. The van der Waals surface area contributed by atoms with Gasteiger partial charge in [-0.2, -0.15) is 0 Å². The van der Waals surface area contributed by atoms with Crippen molar-refractivity contribution in [3.8, 4) is 28.3 Å². The largest absolute Gasteiger partial charge is 0.500 e. The molecule has 6 heteroatoms. The van der Waals surface area contributed by atoms with E-state index in [1.54, 1.807) is 24.5 Å². The molecular formula is C37H29N2O3Pt-. The van der Waals surface area contributed by atoms with Crippen LogP contribution in [0, 0.1) is 6.07 Å². The van der Waals surface area contributed by atoms with Gasteiger partial charge in [-0.25, -0.2) is 0 Å². The van der Waals surface area contributed by atoms with Crippen LogP contribution in [0.3, 0.4) is 0 Å². The summed E-state index contributed by atoms with van der Waals surface area (Å²) < 4.78 is 11.6. The third-order valence-corrected chi connectivity index (χ3v) is 7.21. The minimum atomic E-state index is -0.0140. The van der Waals surface area contributed by atoms with Gasteiger partial charge >= 0.3 is 0 Å². The Morgan fingerprint density at radius 1 is 0.884 bits per heavy atom. The van der Waals surface area contributed by atoms with Crippen LogP contribution in [0.25, 0.3) is 44.5 Å². The molecule has 1 aliphatic rings. The van der Waals surface area contributed by atoms with Gasteiger partial charge in [-0.3, -0.25) is 9.78 Å². The van der Waals surface area contributed by atoms with E-state index in [1.165, 1.54) is 5.56 Å². The molecule has 4 heterocycles. The third-order valence-electron chi connectivity index (χ3n) is 7.21. The van der Waals surface area contributed by atoms with E-state index in [0.717, 1.165) is 46.0 Å². The maximum absolute atomic E-state index is 13.0. The zero-order valence-electron chi connectivity index (χ0n) is 23.8. The number of aromatic nitrogens is 2. The van der Waals surface area contributed by atoms with Crippen LogP contribution in [-0.2, 0) is 27.5 Å². The van der Waals surface area contributed by atoms with Crippen LogP contribution in [0.2, 0.25) is 0 Å². The number of rotatable bonds is 4. The molecule has 3 aromatic carbocycles. The smallest absolute Gasteiger partial charge is 0.182 e. The van der Waals surface area contributed by atoms with E-state index in [4.69, 9.17) is 9.15 Å². The van der Waals surface area contributed by atoms with E-state index in [0.29, 0.717) is 27.9 Å². The normalized spacial score (nSPS) is 11.9. The second-order valence-corrected chi connectivity index (χ2v) is 10.3. The summed E-state index contributed by atoms with van der Waals surface area (Å²) in [6.07, 6.45) is 8.18. The van der Waals surface area contributed by atoms with Gasteiger partial charge in [0.25, 0.3) is 0 Å². The first-order chi connectivity index (χ1) is 20.5. The first-order valence-electron chi connectivity index (χ1n) is 13.9. The number of hydrogen-bond acceptors (Lipinski definition) is 5. The van der Waals surface area contributed by atoms with Gasteiger partial charge in [0, 0.05) is 39.0 Å². The van der Waals surface area contributed by atoms with Gasteiger partial charge in [0.2, 0.25) is 0 Å². The van der Waals surface area contributed by atoms with E-state index in [2.05, 4.69) is 42.5 Å². The quantitative estimate of drug-likeness (QED) is 0.134. The molecule has 0 bridgehead atoms. The molecule has 0 amide bonds. The summed E-state index contributed by atoms with van der Waals surface area (Å²) in [4.78, 5) is 21.6. The fraction of sp³-hybridized carbons (Fsp3) is 0.108. The van der Waals surface area contributed by atoms with Gasteiger partial charge < -0.3 is 14.1 Å². The number of benzene rings is 3. The van der Waals surface area contributed by atoms with Crippen molar-refractivity contribution in [3.05, 3.63) is 149 Å². The molecule has 1 aliphatic heterocycles. The van der Waals surface area contributed by atoms with Crippen molar-refractivity contribution in [2.75, 3.05) is 0 Å². The average Bonchev–Trinajstić information content (AvgIpc) is 3.05. The van der Waals surface area contributed by atoms with Gasteiger partial charge in [0.15, 0.2) is 5.43 Å². The van der Waals surface area contributed by atoms with Crippen molar-refractivity contribution in [2.45, 2.75) is 26.2 Å². The maximum atomic E-state index is 13.0. The van der Waals surface area contributed by atoms with Crippen molar-refractivity contribution < 1.29 is 30.2 Å². The number of pyridine rings is 2. The minimum Gasteiger partial charge on any atom is -0.500 e. The van der Waals surface area contributed by atoms with E-state index >= 15 is 0 Å². The number of hydrogen-bond donors (Lipinski definition) is 0. The Bertz CT molecular complexity index is 2000. The van der Waals surface area contributed by atoms with Crippen molar-refractivity contribution in [3.63, 3.8) is 0 Å². The number of nitrogens with zero attached hydrogens (tertiary/aromatic N) is 2. The maximum Gasteiger partial charge on any atom is 0.182 e. The Labute approximate surface area is 264 Å². The van der Waals surface area contributed by atoms with Gasteiger partial charge in [-0.15, -0.1) is 23.8 Å². The standard InChI is InChI=1S/C21H16NO2.C16H13NO.Pt/c1-13(2)14-6-8-19-16(11-14)21(23)17-12-15(7-9-20(17)24-19)18-5-3-4-10-22-18;1-2-14-8-6-13-11-12(7-9-16(13)18-14)15-5-3-4-10-17-15;/h3-6,8-13H,1-2H3;2-5,7-11H,1,6H2;/q-1;;. The zero-order valence-corrected chi connectivity index (χ0v) is 26.1. The molecule has 216 valence electrons. The first-order valence-corrected chi connectivity index (χ1v) is 13.9. The Morgan fingerprint density at radius 3 is 2.33 bits per heavy atom. The molecule has 0 atom stereocenters. The average molecular weight is 745 g/mol. The molecule has 6 aromatic rings. The fourth-order valence-electron chi connectivity index (χ4n) is 4.88. The molecule has 7 rings (SSSR count). The van der Waals surface area contributed by atoms with E-state index in [9.17, 15) is 4.79 Å². The van der Waals surface area contributed by atoms with Crippen molar-refractivity contribution >= 4 is 21.9 Å². The zero-order chi connectivity index (χ0) is 29.1. The van der Waals surface area contributed by atoms with Crippen LogP contribution >= 0.6 is 0 Å². The first kappa shape index (κ1) is 29.9. The molecular weight excluding hydrogens is 715 g/mol. The second kappa shape index (κ2) is 13.1. The predicted octanol–water partition coefficient (Wildman–Crippen LogP) is 8.68. The van der Waals surface area contributed by atoms with Crippen LogP contribution in [0.1, 0.15) is 30.9 Å². The molecule has 0 saturated carbocycles. The van der Waals surface area contributed by atoms with Gasteiger partial charge in [-0.1, -0.05) is 44.7 Å². The fourth-order valence-corrected chi connectivity index (χ4v) is 4.88. The predicted molar refractivity (Wildman–Crippen MR) is 168 cm³/mol. The van der Waals surface area contributed by atoms with E-state index in [-0.39, 0.29) is 26.5 Å². The third kappa shape index (κ3) is 6.43. The summed E-state index contributed by atoms with van der Waals surface area (Å²) in [5.41, 5.74) is 7.13. The van der Waals surface area contributed by atoms with Crippen LogP contribution in [0.4, 0.5) is 0 Å². The number of fused-ring (bicyclic) bond motifs is 3. The Hall–Kier alpha value is -4.60. The van der Waals surface area contributed by atoms with Gasteiger partial charge in [0.05, 0.1) is 16.7 Å². The molecule has 0 radical (unpaired) electrons. The van der Waals surface area contributed by atoms with Gasteiger partial charge in [0.1, 0.15) is 17.1 Å². The molecule has 0 saturated heterocycles. The summed E-state index contributed by atoms with van der Waals surface area (Å²) in [5, 5.41) is 1.18. The van der Waals surface area contributed by atoms with Gasteiger partial charge in [-0.05, 0) is 95.2 Å². The van der Waals surface area contributed by atoms with Crippen LogP contribution in [-0.4, -0.2) is 9.97 Å². The molecule has 3 aromatic heterocycles. The molecule has 5 nitrogen and oxygen atoms in total. The van der Waals surface area contributed by atoms with Crippen LogP contribution in [0.5, 0.6) is 5.75 Å². The Kier molecular flexibility index (Phi) is 9.13. The van der Waals surface area contributed by atoms with Crippen LogP contribution in [0.15, 0.2) is 131 Å². The monoisotopic (exact) mass is 744 g/mol. The van der Waals surface area contributed by atoms with Crippen molar-refractivity contribution in [2.24, 2.45) is 0 Å². The second-order valence-electron chi connectivity index (χ2n) is 10.3. The Balaban J connectivity index is 0.000000174. The van der Waals surface area contributed by atoms with E-state index < -0.39 is 0 Å². The van der Waals surface area contributed by atoms with Crippen LogP contribution < -0.4 is 10.2 Å². The summed E-state index contributed by atoms with van der Waals surface area (Å²) >= 11 is 0. The minimum absolute atomic E-state index is 0. The SMILES string of the molecule is C=CC1=CCc2cc(-c3ccccn3)ccc2O1.CC(C)c1ccc2oc3c[c-]c(-c4ccccn4)cc3c(=O)c2c1.[Pt]. The molecule has 0 spiro atoms. The molecule has 0 fully saturated rings. The molecule has 0 aliphatic carbocycles. The summed E-state index contributed by atoms with van der Waals surface area (Å²) in [7, 11) is 0. The van der Waals surface area contributed by atoms with Crippen molar-refractivity contribution in [1.29, 1.82) is 0 Å². The summed E-state index contributed by atoms with van der Waals surface area (Å²) in [6, 6.07) is 30.3. The number of ether oxygens (including phenoxy) is 1. The van der Waals surface area contributed by atoms with E-state index in [1.807, 2.05) is 78.9 Å². The topological polar surface area (TPSA) is 65.2 Å². The number of allylic oxidation sites excluding steroid dienone is 2. The van der Waals surface area contributed by atoms with Crippen molar-refractivity contribution in [1.82, 2.24) is 9.97 Å². The summed E-state index contributed by atoms with van der Waals surface area (Å²) in [6.45, 7) is 7.94.